The quantitative estimate of drug-likeness (QED) is 0.579. The smallest absolute Gasteiger partial charge is 0.408 e. The van der Waals surface area contributed by atoms with Gasteiger partial charge in [-0.1, -0.05) is 17.7 Å². The molecule has 1 aromatic carbocycles. The van der Waals surface area contributed by atoms with Gasteiger partial charge in [0.05, 0.1) is 10.6 Å². The molecule has 1 aromatic heterocycles. The maximum Gasteiger partial charge on any atom is 0.408 e. The molecule has 35 heavy (non-hydrogen) atoms. The Hall–Kier alpha value is -3.41. The number of carbonyl (C=O) groups is 3. The van der Waals surface area contributed by atoms with Crippen LogP contribution >= 0.6 is 0 Å². The van der Waals surface area contributed by atoms with Crippen LogP contribution in [0.5, 0.6) is 0 Å². The second kappa shape index (κ2) is 10.1. The average Bonchev–Trinajstić information content (AvgIpc) is 3.42. The van der Waals surface area contributed by atoms with Crippen molar-refractivity contribution in [2.45, 2.75) is 69.5 Å². The normalized spacial score (nSPS) is 17.1. The van der Waals surface area contributed by atoms with Gasteiger partial charge in [0.1, 0.15) is 24.0 Å². The Bertz CT molecular complexity index is 1200. The first-order valence-electron chi connectivity index (χ1n) is 11.2. The van der Waals surface area contributed by atoms with E-state index in [-0.39, 0.29) is 23.6 Å². The van der Waals surface area contributed by atoms with Gasteiger partial charge in [-0.3, -0.25) is 4.79 Å². The molecule has 2 atom stereocenters. The number of nitrogens with zero attached hydrogens (tertiary/aromatic N) is 3. The van der Waals surface area contributed by atoms with E-state index in [4.69, 9.17) is 4.74 Å². The summed E-state index contributed by atoms with van der Waals surface area (Å²) in [6.07, 6.45) is 2.21. The molecule has 2 amide bonds. The van der Waals surface area contributed by atoms with Gasteiger partial charge in [0.2, 0.25) is 5.91 Å². The third-order valence-corrected chi connectivity index (χ3v) is 7.06. The summed E-state index contributed by atoms with van der Waals surface area (Å²) in [5.74, 6) is -1.72. The number of amides is 2. The molecule has 1 fully saturated rings. The summed E-state index contributed by atoms with van der Waals surface area (Å²) in [5.41, 5.74) is 0.311. The molecular formula is C23H30N4O7S. The lowest BCUT2D eigenvalue weighted by atomic mass is 10.1. The van der Waals surface area contributed by atoms with Crippen LogP contribution in [-0.4, -0.2) is 69.6 Å². The first kappa shape index (κ1) is 26.2. The monoisotopic (exact) mass is 506 g/mol. The van der Waals surface area contributed by atoms with Crippen LogP contribution in [0.1, 0.15) is 44.9 Å². The molecule has 3 rings (SSSR count). The van der Waals surface area contributed by atoms with Gasteiger partial charge in [0, 0.05) is 19.2 Å². The molecule has 2 N–H and O–H groups in total. The van der Waals surface area contributed by atoms with Crippen molar-refractivity contribution in [3.63, 3.8) is 0 Å². The molecule has 0 spiro atoms. The minimum atomic E-state index is -3.90. The van der Waals surface area contributed by atoms with Gasteiger partial charge in [-0.2, -0.15) is 0 Å². The molecule has 0 bridgehead atoms. The molecule has 12 heteroatoms. The third kappa shape index (κ3) is 6.38. The number of carboxylic acids is 1. The molecule has 1 aliphatic heterocycles. The average molecular weight is 507 g/mol. The van der Waals surface area contributed by atoms with Gasteiger partial charge in [-0.25, -0.2) is 27.0 Å². The van der Waals surface area contributed by atoms with Gasteiger partial charge >= 0.3 is 12.1 Å². The lowest BCUT2D eigenvalue weighted by Crippen LogP contribution is -2.53. The van der Waals surface area contributed by atoms with Gasteiger partial charge in [-0.15, -0.1) is 0 Å². The molecule has 1 saturated heterocycles. The number of aliphatic carboxylic acids is 1. The number of aromatic nitrogens is 2. The van der Waals surface area contributed by atoms with Gasteiger partial charge < -0.3 is 20.1 Å². The summed E-state index contributed by atoms with van der Waals surface area (Å²) >= 11 is 0. The van der Waals surface area contributed by atoms with Crippen LogP contribution < -0.4 is 5.32 Å². The summed E-state index contributed by atoms with van der Waals surface area (Å²) in [5, 5.41) is 12.0. The predicted octanol–water partition coefficient (Wildman–Crippen LogP) is 1.94. The number of alkyl carbamates (subject to hydrolysis) is 1. The third-order valence-electron chi connectivity index (χ3n) is 5.43. The maximum atomic E-state index is 13.3. The fourth-order valence-corrected chi connectivity index (χ4v) is 4.92. The van der Waals surface area contributed by atoms with Crippen molar-refractivity contribution < 1.29 is 32.6 Å². The van der Waals surface area contributed by atoms with Crippen LogP contribution in [0.25, 0.3) is 0 Å². The number of carboxylic acid groups (broad SMARTS) is 1. The van der Waals surface area contributed by atoms with Gasteiger partial charge in [0.25, 0.3) is 10.0 Å². The Balaban J connectivity index is 1.85. The second-order valence-electron chi connectivity index (χ2n) is 9.44. The lowest BCUT2D eigenvalue weighted by molar-refractivity contribution is -0.149. The molecule has 0 aliphatic carbocycles. The zero-order chi connectivity index (χ0) is 26.0. The summed E-state index contributed by atoms with van der Waals surface area (Å²) in [4.78, 5) is 42.7. The van der Waals surface area contributed by atoms with E-state index in [1.54, 1.807) is 32.9 Å². The fraction of sp³-hybridized carbons (Fsp3) is 0.478. The number of benzene rings is 1. The predicted molar refractivity (Wildman–Crippen MR) is 125 cm³/mol. The highest BCUT2D eigenvalue weighted by Gasteiger charge is 2.38. The number of likely N-dealkylation sites (tertiary alicyclic amines) is 1. The number of hydrogen-bond donors (Lipinski definition) is 2. The number of hydrogen-bond acceptors (Lipinski definition) is 7. The summed E-state index contributed by atoms with van der Waals surface area (Å²) in [7, 11) is -3.90. The molecular weight excluding hydrogens is 476 g/mol. The number of rotatable bonds is 7. The largest absolute Gasteiger partial charge is 0.480 e. The Kier molecular flexibility index (Phi) is 7.53. The highest BCUT2D eigenvalue weighted by Crippen LogP contribution is 2.21. The van der Waals surface area contributed by atoms with Crippen LogP contribution in [0.3, 0.4) is 0 Å². The van der Waals surface area contributed by atoms with Crippen molar-refractivity contribution in [1.82, 2.24) is 19.2 Å². The van der Waals surface area contributed by atoms with E-state index in [0.717, 1.165) is 15.9 Å². The van der Waals surface area contributed by atoms with Gasteiger partial charge in [0.15, 0.2) is 0 Å². The molecule has 190 valence electrons. The van der Waals surface area contributed by atoms with Crippen LogP contribution in [-0.2, 0) is 30.8 Å². The van der Waals surface area contributed by atoms with Crippen molar-refractivity contribution in [2.75, 3.05) is 6.54 Å². The maximum absolute atomic E-state index is 13.3. The molecule has 2 aromatic rings. The van der Waals surface area contributed by atoms with Crippen LogP contribution in [0.15, 0.2) is 41.7 Å². The Labute approximate surface area is 204 Å². The molecule has 2 heterocycles. The van der Waals surface area contributed by atoms with Crippen LogP contribution in [0, 0.1) is 6.92 Å². The Morgan fingerprint density at radius 2 is 1.89 bits per heavy atom. The fourth-order valence-electron chi connectivity index (χ4n) is 3.76. The number of nitrogens with one attached hydrogen (secondary N) is 1. The lowest BCUT2D eigenvalue weighted by Gasteiger charge is -2.28. The second-order valence-corrected chi connectivity index (χ2v) is 11.3. The topological polar surface area (TPSA) is 148 Å². The van der Waals surface area contributed by atoms with Crippen molar-refractivity contribution in [1.29, 1.82) is 0 Å². The van der Waals surface area contributed by atoms with Crippen LogP contribution in [0.4, 0.5) is 4.79 Å². The number of carbonyl (C=O) groups excluding carboxylic acids is 2. The summed E-state index contributed by atoms with van der Waals surface area (Å²) < 4.78 is 32.1. The number of imidazole rings is 1. The zero-order valence-electron chi connectivity index (χ0n) is 20.1. The minimum Gasteiger partial charge on any atom is -0.480 e. The van der Waals surface area contributed by atoms with Crippen molar-refractivity contribution in [3.05, 3.63) is 48.0 Å². The van der Waals surface area contributed by atoms with E-state index in [9.17, 15) is 27.9 Å². The van der Waals surface area contributed by atoms with E-state index >= 15 is 0 Å². The number of ether oxygens (including phenoxy) is 1. The molecule has 1 aliphatic rings. The van der Waals surface area contributed by atoms with Crippen LogP contribution in [0.2, 0.25) is 0 Å². The Morgan fingerprint density at radius 3 is 2.49 bits per heavy atom. The van der Waals surface area contributed by atoms with E-state index in [2.05, 4.69) is 10.3 Å². The van der Waals surface area contributed by atoms with Crippen molar-refractivity contribution in [2.24, 2.45) is 0 Å². The van der Waals surface area contributed by atoms with E-state index in [0.29, 0.717) is 12.8 Å². The highest BCUT2D eigenvalue weighted by atomic mass is 32.2. The Morgan fingerprint density at radius 1 is 1.23 bits per heavy atom. The van der Waals surface area contributed by atoms with Gasteiger partial charge in [-0.05, 0) is 52.7 Å². The molecule has 0 unspecified atom stereocenters. The standard InChI is InChI=1S/C23H30N4O7S/c1-15-7-9-17(10-8-15)35(32,33)26-13-16(24-14-26)12-18(25-22(31)34-23(2,3)4)20(28)27-11-5-6-19(27)21(29)30/h7-10,13-14,18-19H,5-6,11-12H2,1-4H3,(H,25,31)(H,29,30)/t18-,19-/m0/s1. The van der Waals surface area contributed by atoms with E-state index < -0.39 is 45.7 Å². The summed E-state index contributed by atoms with van der Waals surface area (Å²) in [6.45, 7) is 7.08. The molecule has 0 radical (unpaired) electrons. The molecule has 11 nitrogen and oxygen atoms in total. The van der Waals surface area contributed by atoms with Crippen molar-refractivity contribution in [3.8, 4) is 0 Å². The highest BCUT2D eigenvalue weighted by molar-refractivity contribution is 7.90. The van der Waals surface area contributed by atoms with Crippen molar-refractivity contribution >= 4 is 28.0 Å². The van der Waals surface area contributed by atoms with E-state index in [1.807, 2.05) is 6.92 Å². The first-order valence-corrected chi connectivity index (χ1v) is 12.6. The molecule has 0 saturated carbocycles. The van der Waals surface area contributed by atoms with E-state index in [1.165, 1.54) is 23.2 Å². The minimum absolute atomic E-state index is 0.0768. The summed E-state index contributed by atoms with van der Waals surface area (Å²) in [6, 6.07) is 4.14. The zero-order valence-corrected chi connectivity index (χ0v) is 20.9. The first-order chi connectivity index (χ1) is 16.3. The number of aryl methyl sites for hydroxylation is 1. The SMILES string of the molecule is Cc1ccc(S(=O)(=O)n2cnc(C[C@H](NC(=O)OC(C)(C)C)C(=O)N3CCC[C@H]3C(=O)O)c2)cc1.